The van der Waals surface area contributed by atoms with E-state index in [1.165, 1.54) is 32.1 Å². The molecule has 128 valence electrons. The fourth-order valence-corrected chi connectivity index (χ4v) is 4.64. The summed E-state index contributed by atoms with van der Waals surface area (Å²) in [5.74, 6) is -0.429. The summed E-state index contributed by atoms with van der Waals surface area (Å²) in [4.78, 5) is 36.7. The van der Waals surface area contributed by atoms with Gasteiger partial charge >= 0.3 is 0 Å². The molecule has 0 spiro atoms. The Morgan fingerprint density at radius 1 is 1.17 bits per heavy atom. The molecule has 1 saturated heterocycles. The van der Waals surface area contributed by atoms with E-state index in [1.54, 1.807) is 0 Å². The first kappa shape index (κ1) is 16.4. The molecule has 1 heterocycles. The van der Waals surface area contributed by atoms with Crippen molar-refractivity contribution in [3.8, 4) is 0 Å². The molecule has 0 aromatic rings. The summed E-state index contributed by atoms with van der Waals surface area (Å²) in [6, 6.07) is 0. The minimum Gasteiger partial charge on any atom is -0.367 e. The van der Waals surface area contributed by atoms with Crippen LogP contribution in [0.25, 0.3) is 0 Å². The zero-order valence-corrected chi connectivity index (χ0v) is 13.6. The summed E-state index contributed by atoms with van der Waals surface area (Å²) in [7, 11) is 0. The second-order valence-electron chi connectivity index (χ2n) is 7.25. The molecule has 3 N–H and O–H groups in total. The van der Waals surface area contributed by atoms with E-state index in [1.807, 2.05) is 0 Å². The Morgan fingerprint density at radius 2 is 1.91 bits per heavy atom. The Balaban J connectivity index is 1.66. The van der Waals surface area contributed by atoms with Crippen LogP contribution in [0, 0.1) is 5.92 Å². The largest absolute Gasteiger partial charge is 0.367 e. The molecule has 6 nitrogen and oxygen atoms in total. The van der Waals surface area contributed by atoms with Crippen LogP contribution in [0.2, 0.25) is 0 Å². The highest BCUT2D eigenvalue weighted by molar-refractivity contribution is 6.05. The molecule has 2 atom stereocenters. The first-order valence-corrected chi connectivity index (χ1v) is 8.78. The summed E-state index contributed by atoms with van der Waals surface area (Å²) in [6.07, 6.45) is 8.88. The van der Waals surface area contributed by atoms with Crippen molar-refractivity contribution in [1.29, 1.82) is 0 Å². The lowest BCUT2D eigenvalue weighted by Crippen LogP contribution is -2.66. The number of nitrogens with two attached hydrogens (primary N) is 1. The van der Waals surface area contributed by atoms with Gasteiger partial charge in [0.15, 0.2) is 11.4 Å². The van der Waals surface area contributed by atoms with E-state index in [2.05, 4.69) is 5.32 Å². The number of hydrogen-bond acceptors (Lipinski definition) is 4. The standard InChI is InChI=1S/C17H26N2O4/c18-15(22)17-10-4-9-16(17,13(20)11-23-17)19-14(21)8-7-12-5-2-1-3-6-12/h12H,1-11H2,(H2,18,22)(H,19,21). The molecule has 23 heavy (non-hydrogen) atoms. The van der Waals surface area contributed by atoms with Gasteiger partial charge in [-0.15, -0.1) is 0 Å². The third-order valence-corrected chi connectivity index (χ3v) is 5.95. The molecule has 2 aliphatic carbocycles. The van der Waals surface area contributed by atoms with Crippen LogP contribution >= 0.6 is 0 Å². The minimum absolute atomic E-state index is 0.147. The lowest BCUT2D eigenvalue weighted by Gasteiger charge is -2.35. The van der Waals surface area contributed by atoms with Gasteiger partial charge in [-0.2, -0.15) is 0 Å². The highest BCUT2D eigenvalue weighted by Crippen LogP contribution is 2.47. The monoisotopic (exact) mass is 322 g/mol. The highest BCUT2D eigenvalue weighted by atomic mass is 16.5. The molecular formula is C17H26N2O4. The summed E-state index contributed by atoms with van der Waals surface area (Å²) >= 11 is 0. The van der Waals surface area contributed by atoms with Crippen molar-refractivity contribution in [2.45, 2.75) is 75.3 Å². The highest BCUT2D eigenvalue weighted by Gasteiger charge is 2.68. The summed E-state index contributed by atoms with van der Waals surface area (Å²) in [6.45, 7) is -0.147. The molecule has 2 unspecified atom stereocenters. The smallest absolute Gasteiger partial charge is 0.252 e. The van der Waals surface area contributed by atoms with Crippen LogP contribution in [0.3, 0.4) is 0 Å². The van der Waals surface area contributed by atoms with Gasteiger partial charge in [0.25, 0.3) is 5.91 Å². The van der Waals surface area contributed by atoms with E-state index in [0.717, 1.165) is 6.42 Å². The van der Waals surface area contributed by atoms with Gasteiger partial charge < -0.3 is 15.8 Å². The number of primary amides is 1. The lowest BCUT2D eigenvalue weighted by atomic mass is 9.80. The second kappa shape index (κ2) is 6.23. The number of hydrogen-bond donors (Lipinski definition) is 2. The predicted octanol–water partition coefficient (Wildman–Crippen LogP) is 1.21. The van der Waals surface area contributed by atoms with Gasteiger partial charge in [-0.25, -0.2) is 0 Å². The second-order valence-corrected chi connectivity index (χ2v) is 7.25. The molecule has 0 radical (unpaired) electrons. The third-order valence-electron chi connectivity index (χ3n) is 5.95. The van der Waals surface area contributed by atoms with Crippen LogP contribution < -0.4 is 11.1 Å². The molecule has 3 aliphatic rings. The van der Waals surface area contributed by atoms with Gasteiger partial charge in [-0.1, -0.05) is 32.1 Å². The fraction of sp³-hybridized carbons (Fsp3) is 0.824. The molecule has 3 rings (SSSR count). The molecule has 0 aromatic carbocycles. The van der Waals surface area contributed by atoms with Crippen molar-refractivity contribution in [3.63, 3.8) is 0 Å². The van der Waals surface area contributed by atoms with Crippen LogP contribution in [-0.2, 0) is 19.1 Å². The Labute approximate surface area is 136 Å². The van der Waals surface area contributed by atoms with Crippen LogP contribution in [0.1, 0.15) is 64.2 Å². The van der Waals surface area contributed by atoms with Crippen LogP contribution in [0.4, 0.5) is 0 Å². The van der Waals surface area contributed by atoms with Gasteiger partial charge in [0.05, 0.1) is 0 Å². The van der Waals surface area contributed by atoms with Crippen LogP contribution in [0.5, 0.6) is 0 Å². The van der Waals surface area contributed by atoms with Crippen molar-refractivity contribution in [2.24, 2.45) is 11.7 Å². The number of carbonyl (C=O) groups is 3. The number of carbonyl (C=O) groups excluding carboxylic acids is 3. The van der Waals surface area contributed by atoms with Crippen molar-refractivity contribution >= 4 is 17.6 Å². The average molecular weight is 322 g/mol. The topological polar surface area (TPSA) is 98.5 Å². The number of fused-ring (bicyclic) bond motifs is 1. The molecule has 0 aromatic heterocycles. The lowest BCUT2D eigenvalue weighted by molar-refractivity contribution is -0.144. The van der Waals surface area contributed by atoms with E-state index in [4.69, 9.17) is 10.5 Å². The van der Waals surface area contributed by atoms with Gasteiger partial charge in [0.2, 0.25) is 5.91 Å². The molecule has 0 bridgehead atoms. The molecular weight excluding hydrogens is 296 g/mol. The number of ketones is 1. The first-order valence-electron chi connectivity index (χ1n) is 8.78. The van der Waals surface area contributed by atoms with E-state index in [-0.39, 0.29) is 18.3 Å². The molecule has 1 aliphatic heterocycles. The zero-order valence-electron chi connectivity index (χ0n) is 13.6. The van der Waals surface area contributed by atoms with Crippen molar-refractivity contribution in [2.75, 3.05) is 6.61 Å². The maximum absolute atomic E-state index is 12.4. The maximum Gasteiger partial charge on any atom is 0.252 e. The number of Topliss-reactive ketones (excluding diaryl/α,β-unsaturated/α-hetero) is 1. The van der Waals surface area contributed by atoms with E-state index in [9.17, 15) is 14.4 Å². The Morgan fingerprint density at radius 3 is 2.61 bits per heavy atom. The van der Waals surface area contributed by atoms with Gasteiger partial charge in [0.1, 0.15) is 12.1 Å². The van der Waals surface area contributed by atoms with Crippen LogP contribution in [-0.4, -0.2) is 35.3 Å². The van der Waals surface area contributed by atoms with Gasteiger partial charge in [-0.05, 0) is 31.6 Å². The number of amides is 2. The molecule has 3 fully saturated rings. The summed E-state index contributed by atoms with van der Waals surface area (Å²) in [5, 5.41) is 2.85. The van der Waals surface area contributed by atoms with Crippen molar-refractivity contribution in [3.05, 3.63) is 0 Å². The molecule has 2 saturated carbocycles. The first-order chi connectivity index (χ1) is 11.0. The van der Waals surface area contributed by atoms with Gasteiger partial charge in [0, 0.05) is 6.42 Å². The Bertz CT molecular complexity index is 515. The SMILES string of the molecule is NC(=O)C12CCCC1(NC(=O)CCC1CCCCC1)C(=O)CO2. The third kappa shape index (κ3) is 2.67. The molecule has 2 amide bonds. The van der Waals surface area contributed by atoms with E-state index >= 15 is 0 Å². The zero-order chi connectivity index (χ0) is 16.5. The Kier molecular flexibility index (Phi) is 4.45. The normalized spacial score (nSPS) is 34.3. The average Bonchev–Trinajstić information content (AvgIpc) is 3.03. The van der Waals surface area contributed by atoms with Crippen LogP contribution in [0.15, 0.2) is 0 Å². The number of nitrogens with one attached hydrogen (secondary N) is 1. The molecule has 6 heteroatoms. The minimum atomic E-state index is -1.34. The number of ether oxygens (including phenoxy) is 1. The quantitative estimate of drug-likeness (QED) is 0.795. The maximum atomic E-state index is 12.4. The summed E-state index contributed by atoms with van der Waals surface area (Å²) in [5.41, 5.74) is 2.94. The van der Waals surface area contributed by atoms with Crippen molar-refractivity contribution in [1.82, 2.24) is 5.32 Å². The van der Waals surface area contributed by atoms with Crippen molar-refractivity contribution < 1.29 is 19.1 Å². The Hall–Kier alpha value is -1.43. The summed E-state index contributed by atoms with van der Waals surface area (Å²) < 4.78 is 5.50. The van der Waals surface area contributed by atoms with E-state index in [0.29, 0.717) is 31.6 Å². The van der Waals surface area contributed by atoms with Gasteiger partial charge in [-0.3, -0.25) is 14.4 Å². The van der Waals surface area contributed by atoms with E-state index < -0.39 is 17.0 Å². The number of rotatable bonds is 5. The fourth-order valence-electron chi connectivity index (χ4n) is 4.64. The predicted molar refractivity (Wildman–Crippen MR) is 83.4 cm³/mol.